The second-order valence-corrected chi connectivity index (χ2v) is 8.78. The lowest BCUT2D eigenvalue weighted by Crippen LogP contribution is -2.24. The van der Waals surface area contributed by atoms with Crippen LogP contribution in [0.15, 0.2) is 58.5 Å². The molecule has 6 nitrogen and oxygen atoms in total. The van der Waals surface area contributed by atoms with Gasteiger partial charge in [0.1, 0.15) is 5.75 Å². The van der Waals surface area contributed by atoms with E-state index in [4.69, 9.17) is 4.74 Å². The fourth-order valence-electron chi connectivity index (χ4n) is 3.47. The van der Waals surface area contributed by atoms with E-state index in [1.54, 1.807) is 23.4 Å². The van der Waals surface area contributed by atoms with Gasteiger partial charge < -0.3 is 4.74 Å². The van der Waals surface area contributed by atoms with Crippen LogP contribution in [0, 0.1) is 5.92 Å². The zero-order valence-electron chi connectivity index (χ0n) is 17.5. The number of para-hydroxylation sites is 1. The van der Waals surface area contributed by atoms with Crippen LogP contribution in [-0.4, -0.2) is 32.0 Å². The first-order chi connectivity index (χ1) is 14.6. The third-order valence-corrected chi connectivity index (χ3v) is 6.12. The Bertz CT molecular complexity index is 1210. The molecule has 2 aromatic carbocycles. The summed E-state index contributed by atoms with van der Waals surface area (Å²) in [5.74, 6) is 2.85. The molecule has 0 N–H and O–H groups in total. The quantitative estimate of drug-likeness (QED) is 0.393. The Labute approximate surface area is 179 Å². The van der Waals surface area contributed by atoms with Crippen LogP contribution in [0.5, 0.6) is 5.75 Å². The minimum atomic E-state index is 0.000864. The lowest BCUT2D eigenvalue weighted by Gasteiger charge is -2.12. The van der Waals surface area contributed by atoms with Gasteiger partial charge in [-0.1, -0.05) is 49.9 Å². The van der Waals surface area contributed by atoms with Gasteiger partial charge in [0, 0.05) is 12.3 Å². The lowest BCUT2D eigenvalue weighted by molar-refractivity contribution is 0.414. The molecule has 0 radical (unpaired) electrons. The van der Waals surface area contributed by atoms with Crippen molar-refractivity contribution in [3.05, 3.63) is 64.4 Å². The number of benzene rings is 2. The van der Waals surface area contributed by atoms with Crippen LogP contribution in [0.25, 0.3) is 16.7 Å². The molecule has 0 bridgehead atoms. The summed E-state index contributed by atoms with van der Waals surface area (Å²) in [7, 11) is 1.67. The third kappa shape index (κ3) is 4.07. The lowest BCUT2D eigenvalue weighted by atomic mass is 10.1. The van der Waals surface area contributed by atoms with E-state index in [9.17, 15) is 4.79 Å². The molecule has 4 aromatic rings. The van der Waals surface area contributed by atoms with Crippen molar-refractivity contribution in [2.75, 3.05) is 12.9 Å². The number of aryl methyl sites for hydroxylation is 2. The van der Waals surface area contributed by atoms with E-state index in [-0.39, 0.29) is 5.56 Å². The molecule has 0 saturated heterocycles. The summed E-state index contributed by atoms with van der Waals surface area (Å²) in [6.45, 7) is 4.96. The fraction of sp³-hybridized carbons (Fsp3) is 0.348. The number of hydrogen-bond acceptors (Lipinski definition) is 5. The van der Waals surface area contributed by atoms with Crippen molar-refractivity contribution < 1.29 is 4.74 Å². The van der Waals surface area contributed by atoms with Gasteiger partial charge in [0.15, 0.2) is 5.16 Å². The molecule has 0 amide bonds. The van der Waals surface area contributed by atoms with E-state index in [1.807, 2.05) is 40.8 Å². The van der Waals surface area contributed by atoms with Gasteiger partial charge in [-0.05, 0) is 48.6 Å². The molecule has 0 aliphatic carbocycles. The highest BCUT2D eigenvalue weighted by molar-refractivity contribution is 7.99. The average Bonchev–Trinajstić information content (AvgIpc) is 3.18. The van der Waals surface area contributed by atoms with Gasteiger partial charge in [-0.15, -0.1) is 10.2 Å². The molecule has 0 saturated carbocycles. The summed E-state index contributed by atoms with van der Waals surface area (Å²) >= 11 is 1.66. The zero-order valence-corrected chi connectivity index (χ0v) is 18.4. The molecule has 0 unspecified atom stereocenters. The highest BCUT2D eigenvalue weighted by Crippen LogP contribution is 2.23. The minimum absolute atomic E-state index is 0.000864. The van der Waals surface area contributed by atoms with Gasteiger partial charge in [0.25, 0.3) is 5.56 Å². The molecule has 4 rings (SSSR count). The van der Waals surface area contributed by atoms with E-state index in [2.05, 4.69) is 36.2 Å². The first-order valence-electron chi connectivity index (χ1n) is 10.2. The van der Waals surface area contributed by atoms with Gasteiger partial charge in [0.05, 0.1) is 18.0 Å². The molecular formula is C23H26N4O2S. The predicted molar refractivity (Wildman–Crippen MR) is 122 cm³/mol. The molecule has 0 fully saturated rings. The number of nitrogens with zero attached hydrogens (tertiary/aromatic N) is 4. The molecule has 0 spiro atoms. The van der Waals surface area contributed by atoms with E-state index in [0.29, 0.717) is 23.6 Å². The first kappa shape index (κ1) is 20.5. The van der Waals surface area contributed by atoms with Gasteiger partial charge in [0.2, 0.25) is 5.78 Å². The summed E-state index contributed by atoms with van der Waals surface area (Å²) in [6, 6.07) is 15.8. The van der Waals surface area contributed by atoms with Gasteiger partial charge >= 0.3 is 0 Å². The molecule has 0 aliphatic heterocycles. The van der Waals surface area contributed by atoms with Crippen LogP contribution in [0.3, 0.4) is 0 Å². The van der Waals surface area contributed by atoms with Crippen molar-refractivity contribution in [3.63, 3.8) is 0 Å². The molecule has 2 heterocycles. The first-order valence-corrected chi connectivity index (χ1v) is 11.2. The Kier molecular flexibility index (Phi) is 6.08. The minimum Gasteiger partial charge on any atom is -0.497 e. The van der Waals surface area contributed by atoms with Crippen LogP contribution < -0.4 is 10.3 Å². The van der Waals surface area contributed by atoms with Crippen molar-refractivity contribution in [1.29, 1.82) is 0 Å². The van der Waals surface area contributed by atoms with Crippen LogP contribution in [-0.2, 0) is 13.0 Å². The maximum absolute atomic E-state index is 13.1. The molecule has 0 atom stereocenters. The molecule has 30 heavy (non-hydrogen) atoms. The predicted octanol–water partition coefficient (Wildman–Crippen LogP) is 4.43. The smallest absolute Gasteiger partial charge is 0.262 e. The highest BCUT2D eigenvalue weighted by Gasteiger charge is 2.16. The Hall–Kier alpha value is -2.80. The van der Waals surface area contributed by atoms with Gasteiger partial charge in [-0.2, -0.15) is 0 Å². The number of hydrogen-bond donors (Lipinski definition) is 0. The SMILES string of the molecule is COc1ccc(CCSc2nnc3n(CCC(C)C)c(=O)c4ccccc4n23)cc1. The monoisotopic (exact) mass is 422 g/mol. The van der Waals surface area contributed by atoms with Crippen molar-refractivity contribution in [2.24, 2.45) is 5.92 Å². The highest BCUT2D eigenvalue weighted by atomic mass is 32.2. The van der Waals surface area contributed by atoms with E-state index in [0.717, 1.165) is 35.0 Å². The van der Waals surface area contributed by atoms with Crippen molar-refractivity contribution in [3.8, 4) is 5.75 Å². The molecule has 0 aliphatic rings. The summed E-state index contributed by atoms with van der Waals surface area (Å²) in [6.07, 6.45) is 1.83. The molecule has 2 aromatic heterocycles. The van der Waals surface area contributed by atoms with Crippen molar-refractivity contribution in [2.45, 2.75) is 38.4 Å². The number of thioether (sulfide) groups is 1. The molecule has 7 heteroatoms. The maximum Gasteiger partial charge on any atom is 0.262 e. The van der Waals surface area contributed by atoms with Crippen LogP contribution >= 0.6 is 11.8 Å². The van der Waals surface area contributed by atoms with Gasteiger partial charge in [-0.25, -0.2) is 0 Å². The normalized spacial score (nSPS) is 11.6. The maximum atomic E-state index is 13.1. The average molecular weight is 423 g/mol. The van der Waals surface area contributed by atoms with Crippen LogP contribution in [0.2, 0.25) is 0 Å². The molecule has 156 valence electrons. The Morgan fingerprint density at radius 2 is 1.83 bits per heavy atom. The largest absolute Gasteiger partial charge is 0.497 e. The van der Waals surface area contributed by atoms with E-state index < -0.39 is 0 Å². The summed E-state index contributed by atoms with van der Waals surface area (Å²) < 4.78 is 9.01. The Morgan fingerprint density at radius 3 is 2.57 bits per heavy atom. The number of methoxy groups -OCH3 is 1. The van der Waals surface area contributed by atoms with Crippen molar-refractivity contribution >= 4 is 28.4 Å². The topological polar surface area (TPSA) is 61.4 Å². The fourth-order valence-corrected chi connectivity index (χ4v) is 4.40. The standard InChI is InChI=1S/C23H26N4O2S/c1-16(2)12-14-26-21(28)19-6-4-5-7-20(19)27-22(26)24-25-23(27)30-15-13-17-8-10-18(29-3)11-9-17/h4-11,16H,12-15H2,1-3H3. The zero-order chi connectivity index (χ0) is 21.1. The number of aromatic nitrogens is 4. The number of ether oxygens (including phenoxy) is 1. The third-order valence-electron chi connectivity index (χ3n) is 5.19. The van der Waals surface area contributed by atoms with Crippen LogP contribution in [0.4, 0.5) is 0 Å². The summed E-state index contributed by atoms with van der Waals surface area (Å²) in [4.78, 5) is 13.1. The van der Waals surface area contributed by atoms with Gasteiger partial charge in [-0.3, -0.25) is 13.8 Å². The van der Waals surface area contributed by atoms with Crippen LogP contribution in [0.1, 0.15) is 25.8 Å². The number of fused-ring (bicyclic) bond motifs is 3. The summed E-state index contributed by atoms with van der Waals surface area (Å²) in [5, 5.41) is 10.3. The second kappa shape index (κ2) is 8.92. The van der Waals surface area contributed by atoms with E-state index in [1.165, 1.54) is 5.56 Å². The van der Waals surface area contributed by atoms with E-state index >= 15 is 0 Å². The number of rotatable bonds is 8. The molecular weight excluding hydrogens is 396 g/mol. The summed E-state index contributed by atoms with van der Waals surface area (Å²) in [5.41, 5.74) is 2.10. The Balaban J connectivity index is 1.66. The van der Waals surface area contributed by atoms with Crippen molar-refractivity contribution in [1.82, 2.24) is 19.2 Å². The Morgan fingerprint density at radius 1 is 1.07 bits per heavy atom. The second-order valence-electron chi connectivity index (χ2n) is 7.72.